The van der Waals surface area contributed by atoms with E-state index < -0.39 is 0 Å². The smallest absolute Gasteiger partial charge is 0.0109 e. The molecule has 3 nitrogen and oxygen atoms in total. The van der Waals surface area contributed by atoms with Gasteiger partial charge in [0.05, 0.1) is 0 Å². The van der Waals surface area contributed by atoms with Crippen LogP contribution in [-0.2, 0) is 0 Å². The van der Waals surface area contributed by atoms with E-state index in [9.17, 15) is 0 Å². The normalized spacial score (nSPS) is 12.0. The van der Waals surface area contributed by atoms with Crippen molar-refractivity contribution in [1.82, 2.24) is 15.1 Å². The summed E-state index contributed by atoms with van der Waals surface area (Å²) in [6.07, 6.45) is 2.52. The zero-order valence-electron chi connectivity index (χ0n) is 12.6. The van der Waals surface area contributed by atoms with Crippen LogP contribution in [0.25, 0.3) is 0 Å². The zero-order valence-corrected chi connectivity index (χ0v) is 12.6. The Morgan fingerprint density at radius 1 is 1.00 bits per heavy atom. The molecule has 1 N–H and O–H groups in total. The van der Waals surface area contributed by atoms with Crippen molar-refractivity contribution in [1.29, 1.82) is 0 Å². The maximum absolute atomic E-state index is 3.51. The van der Waals surface area contributed by atoms with Gasteiger partial charge in [-0.2, -0.15) is 0 Å². The summed E-state index contributed by atoms with van der Waals surface area (Å²) in [7, 11) is 4.29. The molecule has 0 aromatic rings. The summed E-state index contributed by atoms with van der Waals surface area (Å²) in [5.41, 5.74) is 0. The average molecular weight is 243 g/mol. The van der Waals surface area contributed by atoms with Gasteiger partial charge in [0.2, 0.25) is 0 Å². The number of nitrogens with one attached hydrogen (secondary N) is 1. The van der Waals surface area contributed by atoms with Gasteiger partial charge >= 0.3 is 0 Å². The lowest BCUT2D eigenvalue weighted by Gasteiger charge is -2.23. The Kier molecular flexibility index (Phi) is 10.9. The minimum absolute atomic E-state index is 0.760. The molecule has 0 heterocycles. The molecule has 0 aromatic carbocycles. The van der Waals surface area contributed by atoms with Crippen molar-refractivity contribution in [2.24, 2.45) is 5.92 Å². The molecule has 17 heavy (non-hydrogen) atoms. The van der Waals surface area contributed by atoms with Crippen LogP contribution in [0.1, 0.15) is 33.6 Å². The summed E-state index contributed by atoms with van der Waals surface area (Å²) in [4.78, 5) is 4.84. The van der Waals surface area contributed by atoms with E-state index in [1.807, 2.05) is 0 Å². The maximum Gasteiger partial charge on any atom is 0.0109 e. The number of likely N-dealkylation sites (N-methyl/N-ethyl adjacent to an activating group) is 1. The van der Waals surface area contributed by atoms with Crippen molar-refractivity contribution >= 4 is 0 Å². The second-order valence-electron chi connectivity index (χ2n) is 5.60. The fraction of sp³-hybridized carbons (Fsp3) is 1.00. The largest absolute Gasteiger partial charge is 0.316 e. The van der Waals surface area contributed by atoms with Crippen molar-refractivity contribution in [3.05, 3.63) is 0 Å². The van der Waals surface area contributed by atoms with E-state index in [4.69, 9.17) is 0 Å². The molecule has 3 heteroatoms. The second kappa shape index (κ2) is 11.0. The zero-order chi connectivity index (χ0) is 13.1. The van der Waals surface area contributed by atoms with E-state index in [-0.39, 0.29) is 0 Å². The molecule has 0 fully saturated rings. The van der Waals surface area contributed by atoms with E-state index >= 15 is 0 Å². The van der Waals surface area contributed by atoms with Crippen molar-refractivity contribution in [2.75, 3.05) is 53.4 Å². The van der Waals surface area contributed by atoms with Crippen molar-refractivity contribution in [3.8, 4) is 0 Å². The number of hydrogen-bond acceptors (Lipinski definition) is 3. The molecule has 0 amide bonds. The van der Waals surface area contributed by atoms with E-state index in [2.05, 4.69) is 50.0 Å². The monoisotopic (exact) mass is 243 g/mol. The molecular weight excluding hydrogens is 210 g/mol. The van der Waals surface area contributed by atoms with Gasteiger partial charge in [-0.25, -0.2) is 0 Å². The van der Waals surface area contributed by atoms with Crippen molar-refractivity contribution in [2.45, 2.75) is 33.6 Å². The Hall–Kier alpha value is -0.120. The fourth-order valence-electron chi connectivity index (χ4n) is 1.81. The predicted molar refractivity (Wildman–Crippen MR) is 77.6 cm³/mol. The summed E-state index contributed by atoms with van der Waals surface area (Å²) in [6, 6.07) is 0. The van der Waals surface area contributed by atoms with Crippen LogP contribution in [0.3, 0.4) is 0 Å². The van der Waals surface area contributed by atoms with Gasteiger partial charge in [0.15, 0.2) is 0 Å². The Balaban J connectivity index is 3.55. The van der Waals surface area contributed by atoms with Crippen LogP contribution in [0.5, 0.6) is 0 Å². The highest BCUT2D eigenvalue weighted by Gasteiger charge is 2.03. The Labute approximate surface area is 109 Å². The van der Waals surface area contributed by atoms with Gasteiger partial charge in [0, 0.05) is 13.1 Å². The minimum Gasteiger partial charge on any atom is -0.316 e. The number of hydrogen-bond donors (Lipinski definition) is 1. The molecule has 0 saturated heterocycles. The molecule has 0 aliphatic heterocycles. The second-order valence-corrected chi connectivity index (χ2v) is 5.60. The lowest BCUT2D eigenvalue weighted by molar-refractivity contribution is 0.238. The highest BCUT2D eigenvalue weighted by Crippen LogP contribution is 1.95. The molecule has 0 rings (SSSR count). The maximum atomic E-state index is 3.51. The topological polar surface area (TPSA) is 18.5 Å². The summed E-state index contributed by atoms with van der Waals surface area (Å²) >= 11 is 0. The van der Waals surface area contributed by atoms with Crippen molar-refractivity contribution in [3.63, 3.8) is 0 Å². The summed E-state index contributed by atoms with van der Waals surface area (Å²) in [5.74, 6) is 0.760. The molecule has 0 aliphatic rings. The first-order valence-electron chi connectivity index (χ1n) is 7.14. The Morgan fingerprint density at radius 3 is 2.24 bits per heavy atom. The molecule has 0 unspecified atom stereocenters. The molecule has 104 valence electrons. The van der Waals surface area contributed by atoms with E-state index in [0.717, 1.165) is 19.0 Å². The van der Waals surface area contributed by atoms with E-state index in [0.29, 0.717) is 0 Å². The third-order valence-corrected chi connectivity index (χ3v) is 2.78. The van der Waals surface area contributed by atoms with Gasteiger partial charge in [0.1, 0.15) is 0 Å². The molecule has 0 spiro atoms. The third-order valence-electron chi connectivity index (χ3n) is 2.78. The van der Waals surface area contributed by atoms with Crippen LogP contribution in [0.2, 0.25) is 0 Å². The Bertz CT molecular complexity index is 158. The molecule has 0 radical (unpaired) electrons. The molecular formula is C14H33N3. The summed E-state index contributed by atoms with van der Waals surface area (Å²) in [6.45, 7) is 13.9. The number of rotatable bonds is 11. The lowest BCUT2D eigenvalue weighted by Crippen LogP contribution is -2.34. The van der Waals surface area contributed by atoms with Gasteiger partial charge in [-0.15, -0.1) is 0 Å². The first kappa shape index (κ1) is 16.9. The predicted octanol–water partition coefficient (Wildman–Crippen LogP) is 1.90. The van der Waals surface area contributed by atoms with Gasteiger partial charge in [0.25, 0.3) is 0 Å². The van der Waals surface area contributed by atoms with Crippen LogP contribution >= 0.6 is 0 Å². The van der Waals surface area contributed by atoms with Crippen LogP contribution in [-0.4, -0.2) is 63.2 Å². The van der Waals surface area contributed by atoms with E-state index in [1.54, 1.807) is 0 Å². The first-order valence-corrected chi connectivity index (χ1v) is 7.14. The SMILES string of the molecule is CCCN(CCCNCC(C)C)CCN(C)C. The van der Waals surface area contributed by atoms with E-state index in [1.165, 1.54) is 39.0 Å². The molecule has 0 aromatic heterocycles. The average Bonchev–Trinajstić information content (AvgIpc) is 2.24. The highest BCUT2D eigenvalue weighted by atomic mass is 15.2. The fourth-order valence-corrected chi connectivity index (χ4v) is 1.81. The summed E-state index contributed by atoms with van der Waals surface area (Å²) in [5, 5.41) is 3.51. The lowest BCUT2D eigenvalue weighted by atomic mass is 10.2. The minimum atomic E-state index is 0.760. The summed E-state index contributed by atoms with van der Waals surface area (Å²) < 4.78 is 0. The first-order chi connectivity index (χ1) is 8.06. The quantitative estimate of drug-likeness (QED) is 0.559. The standard InChI is InChI=1S/C14H33N3/c1-6-9-17(12-11-16(4)5)10-7-8-15-13-14(2)3/h14-15H,6-13H2,1-5H3. The third kappa shape index (κ3) is 12.1. The molecule has 0 aliphatic carbocycles. The van der Waals surface area contributed by atoms with Crippen LogP contribution in [0, 0.1) is 5.92 Å². The van der Waals surface area contributed by atoms with Gasteiger partial charge in [-0.05, 0) is 59.0 Å². The number of nitrogens with zero attached hydrogens (tertiary/aromatic N) is 2. The van der Waals surface area contributed by atoms with Crippen LogP contribution in [0.4, 0.5) is 0 Å². The van der Waals surface area contributed by atoms with Gasteiger partial charge < -0.3 is 15.1 Å². The van der Waals surface area contributed by atoms with Gasteiger partial charge in [-0.1, -0.05) is 20.8 Å². The Morgan fingerprint density at radius 2 is 1.71 bits per heavy atom. The van der Waals surface area contributed by atoms with Crippen LogP contribution in [0.15, 0.2) is 0 Å². The molecule has 0 saturated carbocycles. The molecule has 0 atom stereocenters. The van der Waals surface area contributed by atoms with Crippen LogP contribution < -0.4 is 5.32 Å². The van der Waals surface area contributed by atoms with Gasteiger partial charge in [-0.3, -0.25) is 0 Å². The highest BCUT2D eigenvalue weighted by molar-refractivity contribution is 4.61. The molecule has 0 bridgehead atoms. The van der Waals surface area contributed by atoms with Crippen molar-refractivity contribution < 1.29 is 0 Å².